The molecule has 0 heterocycles. The summed E-state index contributed by atoms with van der Waals surface area (Å²) in [5, 5.41) is 0. The number of nitrogens with two attached hydrogens (primary N) is 2. The van der Waals surface area contributed by atoms with Crippen molar-refractivity contribution in [2.24, 2.45) is 35.1 Å². The Morgan fingerprint density at radius 1 is 0.165 bits per heavy atom. The molecule has 8 atom stereocenters. The van der Waals surface area contributed by atoms with Crippen molar-refractivity contribution in [3.8, 4) is 0 Å². The predicted octanol–water partition coefficient (Wildman–Crippen LogP) is 35.9. The van der Waals surface area contributed by atoms with Crippen LogP contribution in [0.1, 0.15) is 595 Å². The highest BCUT2D eigenvalue weighted by Gasteiger charge is 2.36. The predicted molar refractivity (Wildman–Crippen MR) is 515 cm³/mol. The first kappa shape index (κ1) is 115. The van der Waals surface area contributed by atoms with E-state index in [1.807, 2.05) is 0 Å². The van der Waals surface area contributed by atoms with Gasteiger partial charge in [0.15, 0.2) is 0 Å². The van der Waals surface area contributed by atoms with Gasteiger partial charge in [-0.25, -0.2) is 0 Å². The fraction of sp³-hybridized carbons (Fsp3) is 1.00. The van der Waals surface area contributed by atoms with Crippen LogP contribution in [0.4, 0.5) is 0 Å². The van der Waals surface area contributed by atoms with E-state index >= 15 is 0 Å². The van der Waals surface area contributed by atoms with Gasteiger partial charge in [0.1, 0.15) is 0 Å². The molecule has 8 unspecified atom stereocenters. The highest BCUT2D eigenvalue weighted by Crippen LogP contribution is 2.33. The van der Waals surface area contributed by atoms with Crippen LogP contribution in [0.25, 0.3) is 0 Å². The Hall–Kier alpha value is -0.280. The van der Waals surface area contributed by atoms with Crippen molar-refractivity contribution in [3.05, 3.63) is 0 Å². The maximum Gasteiger partial charge on any atom is 0.0669 e. The fourth-order valence-electron chi connectivity index (χ4n) is 18.7. The van der Waals surface area contributed by atoms with Gasteiger partial charge in [-0.3, -0.25) is 0 Å². The molecule has 692 valence electrons. The lowest BCUT2D eigenvalue weighted by Gasteiger charge is -2.37. The number of rotatable bonds is 104. The lowest BCUT2D eigenvalue weighted by molar-refractivity contribution is -0.0767. The average molecular weight is 1630 g/mol. The zero-order chi connectivity index (χ0) is 83.2. The lowest BCUT2D eigenvalue weighted by Crippen LogP contribution is -2.46. The molecule has 0 aliphatic carbocycles. The van der Waals surface area contributed by atoms with Gasteiger partial charge in [-0.1, -0.05) is 531 Å². The van der Waals surface area contributed by atoms with Crippen molar-refractivity contribution in [1.29, 1.82) is 0 Å². The molecule has 0 spiro atoms. The highest BCUT2D eigenvalue weighted by molar-refractivity contribution is 4.87. The smallest absolute Gasteiger partial charge is 0.0669 e. The van der Waals surface area contributed by atoms with E-state index in [4.69, 9.17) is 35.2 Å². The Bertz CT molecular complexity index is 1600. The summed E-state index contributed by atoms with van der Waals surface area (Å²) in [6, 6.07) is 0.0867. The number of ether oxygens (including phenoxy) is 5. The largest absolute Gasteiger partial charge is 0.381 e. The number of hydrogen-bond acceptors (Lipinski definition) is 7. The molecule has 7 nitrogen and oxygen atoms in total. The fourth-order valence-corrected chi connectivity index (χ4v) is 18.7. The standard InChI is InChI=1S/C108H220N2O5/c1-9-17-23-29-35-41-47-51-55-61-67-73-79-85-93-112-99-103(105(109)15-7)107(114-95-87-81-75-69-63-57-53-49-43-37-31-25-19-11-3)101(89-83-77-71-65-59-45-39-33-27-21-13-5)91-97-111-98-92-102(90-84-78-72-66-60-46-40-34-28-22-14-6)108(115-96-88-82-76-70-64-58-54-50-44-38-32-26-20-12-4)104(106(110)16-8)100-113-94-86-80-74-68-62-56-52-48-42-36-30-24-18-10-2/h101-108H,9-100,109-110H2,1-8H3. The molecule has 4 N–H and O–H groups in total. The van der Waals surface area contributed by atoms with E-state index in [-0.39, 0.29) is 36.1 Å². The van der Waals surface area contributed by atoms with E-state index in [9.17, 15) is 0 Å². The van der Waals surface area contributed by atoms with E-state index in [2.05, 4.69) is 55.4 Å². The van der Waals surface area contributed by atoms with Crippen molar-refractivity contribution < 1.29 is 23.7 Å². The van der Waals surface area contributed by atoms with Gasteiger partial charge in [0.2, 0.25) is 0 Å². The van der Waals surface area contributed by atoms with Crippen LogP contribution in [0.2, 0.25) is 0 Å². The Balaban J connectivity index is 6.87. The van der Waals surface area contributed by atoms with E-state index < -0.39 is 0 Å². The number of hydrogen-bond donors (Lipinski definition) is 2. The lowest BCUT2D eigenvalue weighted by atomic mass is 9.81. The molecule has 115 heavy (non-hydrogen) atoms. The third-order valence-corrected chi connectivity index (χ3v) is 27.0. The molecule has 0 aliphatic rings. The van der Waals surface area contributed by atoms with E-state index in [1.165, 1.54) is 488 Å². The summed E-state index contributed by atoms with van der Waals surface area (Å²) in [4.78, 5) is 0. The summed E-state index contributed by atoms with van der Waals surface area (Å²) in [5.41, 5.74) is 14.8. The van der Waals surface area contributed by atoms with Gasteiger partial charge in [-0.2, -0.15) is 0 Å². The maximum absolute atomic E-state index is 7.46. The molecule has 0 aromatic rings. The van der Waals surface area contributed by atoms with Crippen LogP contribution in [0.15, 0.2) is 0 Å². The van der Waals surface area contributed by atoms with Crippen LogP contribution in [0, 0.1) is 23.7 Å². The van der Waals surface area contributed by atoms with Crippen molar-refractivity contribution in [1.82, 2.24) is 0 Å². The first-order chi connectivity index (χ1) is 56.9. The minimum atomic E-state index is 0.0434. The van der Waals surface area contributed by atoms with Gasteiger partial charge in [0.05, 0.1) is 25.4 Å². The minimum absolute atomic E-state index is 0.0434. The molecule has 0 aliphatic heterocycles. The molecule has 0 aromatic carbocycles. The maximum atomic E-state index is 7.46. The normalized spacial score (nSPS) is 14.1. The van der Waals surface area contributed by atoms with Gasteiger partial charge >= 0.3 is 0 Å². The molecule has 0 amide bonds. The third-order valence-electron chi connectivity index (χ3n) is 27.0. The van der Waals surface area contributed by atoms with Crippen LogP contribution >= 0.6 is 0 Å². The molecule has 0 aromatic heterocycles. The second-order valence-corrected chi connectivity index (χ2v) is 38.0. The van der Waals surface area contributed by atoms with Crippen molar-refractivity contribution >= 4 is 0 Å². The summed E-state index contributed by atoms with van der Waals surface area (Å²) in [7, 11) is 0. The molecule has 0 rings (SSSR count). The van der Waals surface area contributed by atoms with Gasteiger partial charge in [-0.05, 0) is 76.0 Å². The second kappa shape index (κ2) is 99.1. The molecular weight excluding hydrogens is 1410 g/mol. The van der Waals surface area contributed by atoms with Crippen molar-refractivity contribution in [2.75, 3.05) is 52.9 Å². The monoisotopic (exact) mass is 1630 g/mol. The van der Waals surface area contributed by atoms with Crippen molar-refractivity contribution in [3.63, 3.8) is 0 Å². The quantitative estimate of drug-likeness (QED) is 0.0586. The SMILES string of the molecule is CCCCCCCCCCCCCCCCOCC(C(N)CC)C(OCCCCCCCCCCCCCCCC)C(CCCCCCCCCCCCC)CCOCCC(CCCCCCCCCCCCC)C(OCCCCCCCCCCCCCCCC)C(COCCCCCCCCCCCCCCCC)C(N)CC. The van der Waals surface area contributed by atoms with Crippen LogP contribution in [-0.2, 0) is 23.7 Å². The minimum Gasteiger partial charge on any atom is -0.381 e. The Labute approximate surface area is 726 Å². The van der Waals surface area contributed by atoms with Crippen molar-refractivity contribution in [2.45, 2.75) is 619 Å². The third kappa shape index (κ3) is 81.8. The molecular formula is C108H220N2O5. The molecule has 0 saturated heterocycles. The summed E-state index contributed by atoms with van der Waals surface area (Å²) in [6.45, 7) is 24.9. The average Bonchev–Trinajstić information content (AvgIpc) is 0.859. The van der Waals surface area contributed by atoms with Gasteiger partial charge in [-0.15, -0.1) is 0 Å². The van der Waals surface area contributed by atoms with E-state index in [0.29, 0.717) is 25.0 Å². The summed E-state index contributed by atoms with van der Waals surface area (Å²) >= 11 is 0. The second-order valence-electron chi connectivity index (χ2n) is 38.0. The van der Waals surface area contributed by atoms with Crippen LogP contribution < -0.4 is 11.5 Å². The first-order valence-corrected chi connectivity index (χ1v) is 54.4. The van der Waals surface area contributed by atoms with Crippen LogP contribution in [-0.4, -0.2) is 77.1 Å². The topological polar surface area (TPSA) is 98.2 Å². The van der Waals surface area contributed by atoms with Crippen LogP contribution in [0.3, 0.4) is 0 Å². The zero-order valence-electron chi connectivity index (χ0n) is 80.9. The molecule has 0 radical (unpaired) electrons. The van der Waals surface area contributed by atoms with E-state index in [0.717, 1.165) is 91.0 Å². The highest BCUT2D eigenvalue weighted by atomic mass is 16.5. The summed E-state index contributed by atoms with van der Waals surface area (Å²) in [5.74, 6) is 1.11. The van der Waals surface area contributed by atoms with Gasteiger partial charge in [0.25, 0.3) is 0 Å². The number of unbranched alkanes of at least 4 members (excludes halogenated alkanes) is 72. The Morgan fingerprint density at radius 3 is 0.513 bits per heavy atom. The summed E-state index contributed by atoms with van der Waals surface area (Å²) in [6.07, 6.45) is 113. The van der Waals surface area contributed by atoms with Gasteiger partial charge in [0, 0.05) is 63.6 Å². The molecule has 0 fully saturated rings. The molecule has 7 heteroatoms. The molecule has 0 saturated carbocycles. The summed E-state index contributed by atoms with van der Waals surface area (Å²) < 4.78 is 35.8. The van der Waals surface area contributed by atoms with Crippen LogP contribution in [0.5, 0.6) is 0 Å². The zero-order valence-corrected chi connectivity index (χ0v) is 80.9. The van der Waals surface area contributed by atoms with E-state index in [1.54, 1.807) is 0 Å². The van der Waals surface area contributed by atoms with Gasteiger partial charge < -0.3 is 35.2 Å². The first-order valence-electron chi connectivity index (χ1n) is 54.4. The molecule has 0 bridgehead atoms. The Kier molecular flexibility index (Phi) is 98.9. The Morgan fingerprint density at radius 2 is 0.330 bits per heavy atom.